The lowest BCUT2D eigenvalue weighted by atomic mass is 9.42. The topological polar surface area (TPSA) is 135 Å². The molecule has 4 aliphatic carbocycles. The van der Waals surface area contributed by atoms with E-state index in [9.17, 15) is 24.6 Å². The van der Waals surface area contributed by atoms with E-state index in [0.29, 0.717) is 19.5 Å². The highest BCUT2D eigenvalue weighted by Gasteiger charge is 2.89. The monoisotopic (exact) mass is 668 g/mol. The molecule has 48 heavy (non-hydrogen) atoms. The predicted octanol–water partition coefficient (Wildman–Crippen LogP) is 3.19. The van der Waals surface area contributed by atoms with Gasteiger partial charge in [-0.25, -0.2) is 9.69 Å². The molecular formula is C37H52N2O9. The maximum absolute atomic E-state index is 14.0. The normalized spacial score (nSPS) is 43.8. The second-order valence-electron chi connectivity index (χ2n) is 15.6. The zero-order chi connectivity index (χ0) is 34.4. The third-order valence-electron chi connectivity index (χ3n) is 13.8. The number of methoxy groups -OCH3 is 3. The number of likely N-dealkylation sites (tertiary alicyclic amines) is 1. The fourth-order valence-corrected chi connectivity index (χ4v) is 12.3. The van der Waals surface area contributed by atoms with Gasteiger partial charge in [0.15, 0.2) is 0 Å². The first kappa shape index (κ1) is 34.1. The molecule has 0 aromatic heterocycles. The van der Waals surface area contributed by atoms with Crippen LogP contribution >= 0.6 is 0 Å². The molecule has 264 valence electrons. The minimum absolute atomic E-state index is 0.0603. The summed E-state index contributed by atoms with van der Waals surface area (Å²) >= 11 is 0. The van der Waals surface area contributed by atoms with Gasteiger partial charge in [-0.3, -0.25) is 14.5 Å². The first-order chi connectivity index (χ1) is 22.9. The zero-order valence-electron chi connectivity index (χ0n) is 29.1. The van der Waals surface area contributed by atoms with Crippen LogP contribution in [0.4, 0.5) is 5.69 Å². The van der Waals surface area contributed by atoms with E-state index in [-0.39, 0.29) is 72.5 Å². The second kappa shape index (κ2) is 11.8. The number of nitrogens with zero attached hydrogens (tertiary/aromatic N) is 2. The van der Waals surface area contributed by atoms with Gasteiger partial charge < -0.3 is 29.2 Å². The number of imide groups is 1. The Morgan fingerprint density at radius 2 is 1.79 bits per heavy atom. The van der Waals surface area contributed by atoms with Crippen LogP contribution in [-0.2, 0) is 28.5 Å². The molecular weight excluding hydrogens is 616 g/mol. The van der Waals surface area contributed by atoms with Crippen molar-refractivity contribution in [3.63, 3.8) is 0 Å². The van der Waals surface area contributed by atoms with Crippen LogP contribution in [0.15, 0.2) is 24.3 Å². The number of esters is 1. The van der Waals surface area contributed by atoms with Gasteiger partial charge >= 0.3 is 5.97 Å². The van der Waals surface area contributed by atoms with Gasteiger partial charge in [-0.05, 0) is 63.1 Å². The highest BCUT2D eigenvalue weighted by molar-refractivity contribution is 6.22. The molecule has 2 amide bonds. The molecule has 4 saturated carbocycles. The number of ether oxygens (including phenoxy) is 4. The minimum atomic E-state index is -1.63. The smallest absolute Gasteiger partial charge is 0.340 e. The van der Waals surface area contributed by atoms with E-state index < -0.39 is 46.1 Å². The lowest BCUT2D eigenvalue weighted by Gasteiger charge is -2.69. The number of fused-ring (bicyclic) bond motifs is 1. The van der Waals surface area contributed by atoms with Crippen molar-refractivity contribution in [2.24, 2.45) is 34.5 Å². The number of amides is 2. The van der Waals surface area contributed by atoms with Crippen LogP contribution in [0.3, 0.4) is 0 Å². The highest BCUT2D eigenvalue weighted by atomic mass is 16.5. The van der Waals surface area contributed by atoms with Crippen molar-refractivity contribution in [3.8, 4) is 0 Å². The molecule has 12 atom stereocenters. The first-order valence-electron chi connectivity index (χ1n) is 17.8. The van der Waals surface area contributed by atoms with Crippen LogP contribution < -0.4 is 4.90 Å². The number of hydrogen-bond acceptors (Lipinski definition) is 10. The number of likely N-dealkylation sites (N-methyl/N-ethyl adjacent to an activating group) is 1. The summed E-state index contributed by atoms with van der Waals surface area (Å²) in [6, 6.07) is 6.19. The fraction of sp³-hybridized carbons (Fsp3) is 0.757. The van der Waals surface area contributed by atoms with Crippen molar-refractivity contribution < 1.29 is 43.5 Å². The molecule has 5 bridgehead atoms. The number of hydrogen-bond donors (Lipinski definition) is 2. The summed E-state index contributed by atoms with van der Waals surface area (Å²) < 4.78 is 24.8. The van der Waals surface area contributed by atoms with Crippen molar-refractivity contribution in [1.29, 1.82) is 0 Å². The lowest BCUT2D eigenvalue weighted by Crippen LogP contribution is -2.80. The number of carbonyl (C=O) groups excluding carboxylic acids is 3. The van der Waals surface area contributed by atoms with E-state index in [1.807, 2.05) is 6.92 Å². The van der Waals surface area contributed by atoms with Gasteiger partial charge in [0.05, 0.1) is 42.2 Å². The molecule has 11 nitrogen and oxygen atoms in total. The maximum atomic E-state index is 14.0. The van der Waals surface area contributed by atoms with E-state index in [4.69, 9.17) is 18.9 Å². The third-order valence-corrected chi connectivity index (χ3v) is 13.8. The Morgan fingerprint density at radius 1 is 1.06 bits per heavy atom. The quantitative estimate of drug-likeness (QED) is 0.283. The summed E-state index contributed by atoms with van der Waals surface area (Å²) in [7, 11) is 5.02. The average Bonchev–Trinajstić information content (AvgIpc) is 3.71. The van der Waals surface area contributed by atoms with Gasteiger partial charge in [0, 0.05) is 63.4 Å². The molecule has 2 aliphatic heterocycles. The standard InChI is InChI=1S/C37H52N2O9/c1-7-38-19-34(20-48-32(42)23-11-8-9-14-26(23)39-28(40)17-21(2)31(39)41)16-15-27(46-5)36-25-13-10-12-24(25)35(43,18-22(3)45-4)37(44,33(36)38)30(47-6)29(34)36/h8-9,11,14,21-22,24-25,27,29-30,33,43-44H,7,10,12-13,15-20H2,1-6H3/t21-,22-,24-,25+,27-,29?,30-,33?,34-,35+,36-,37-/m0/s1. The molecule has 1 aromatic rings. The average molecular weight is 669 g/mol. The van der Waals surface area contributed by atoms with Crippen molar-refractivity contribution in [1.82, 2.24) is 4.90 Å². The Labute approximate surface area is 283 Å². The first-order valence-corrected chi connectivity index (χ1v) is 17.8. The number of benzene rings is 1. The van der Waals surface area contributed by atoms with Gasteiger partial charge in [0.1, 0.15) is 11.2 Å². The second-order valence-corrected chi connectivity index (χ2v) is 15.6. The predicted molar refractivity (Wildman–Crippen MR) is 175 cm³/mol. The molecule has 7 rings (SSSR count). The Bertz CT molecular complexity index is 1470. The maximum Gasteiger partial charge on any atom is 0.340 e. The largest absolute Gasteiger partial charge is 0.461 e. The van der Waals surface area contributed by atoms with E-state index in [2.05, 4.69) is 11.8 Å². The van der Waals surface area contributed by atoms with Crippen molar-refractivity contribution >= 4 is 23.5 Å². The summed E-state index contributed by atoms with van der Waals surface area (Å²) in [6.45, 7) is 6.98. The molecule has 2 unspecified atom stereocenters. The van der Waals surface area contributed by atoms with E-state index in [0.717, 1.165) is 30.6 Å². The summed E-state index contributed by atoms with van der Waals surface area (Å²) in [5.41, 5.74) is -3.86. The number of piperidine rings is 1. The Balaban J connectivity index is 1.32. The molecule has 0 radical (unpaired) electrons. The van der Waals surface area contributed by atoms with Crippen molar-refractivity contribution in [2.75, 3.05) is 45.9 Å². The molecule has 2 heterocycles. The number of carbonyl (C=O) groups is 3. The van der Waals surface area contributed by atoms with Crippen LogP contribution in [0.5, 0.6) is 0 Å². The van der Waals surface area contributed by atoms with Gasteiger partial charge in [-0.15, -0.1) is 0 Å². The Morgan fingerprint density at radius 3 is 2.44 bits per heavy atom. The van der Waals surface area contributed by atoms with Crippen LogP contribution in [0.2, 0.25) is 0 Å². The summed E-state index contributed by atoms with van der Waals surface area (Å²) in [5, 5.41) is 26.5. The number of aliphatic hydroxyl groups is 2. The van der Waals surface area contributed by atoms with Crippen molar-refractivity contribution in [2.45, 2.75) is 101 Å². The molecule has 2 N–H and O–H groups in total. The van der Waals surface area contributed by atoms with Crippen LogP contribution in [-0.4, -0.2) is 109 Å². The summed E-state index contributed by atoms with van der Waals surface area (Å²) in [4.78, 5) is 43.2. The fourth-order valence-electron chi connectivity index (χ4n) is 12.3. The summed E-state index contributed by atoms with van der Waals surface area (Å²) in [6.07, 6.45) is 3.23. The van der Waals surface area contributed by atoms with Gasteiger partial charge in [0.25, 0.3) is 0 Å². The van der Waals surface area contributed by atoms with Gasteiger partial charge in [0.2, 0.25) is 11.8 Å². The number of para-hydroxylation sites is 1. The van der Waals surface area contributed by atoms with Crippen LogP contribution in [0, 0.1) is 34.5 Å². The SMILES string of the molecule is CCN1C[C@]2(COC(=O)c3ccccc3N3C(=O)C[C@H](C)C3=O)CC[C@H](OC)[C@@]34C2[C@H](OC)[C@](O)(C13)[C@@](O)(C[C@H](C)OC)[C@H]1CCC[C@H]14. The highest BCUT2D eigenvalue weighted by Crippen LogP contribution is 2.78. The van der Waals surface area contributed by atoms with Crippen LogP contribution in [0.25, 0.3) is 0 Å². The van der Waals surface area contributed by atoms with E-state index >= 15 is 0 Å². The van der Waals surface area contributed by atoms with Crippen LogP contribution in [0.1, 0.15) is 76.1 Å². The van der Waals surface area contributed by atoms with Crippen molar-refractivity contribution in [3.05, 3.63) is 29.8 Å². The molecule has 1 aromatic carbocycles. The third kappa shape index (κ3) is 4.18. The molecule has 11 heteroatoms. The number of rotatable bonds is 10. The van der Waals surface area contributed by atoms with E-state index in [1.54, 1.807) is 52.5 Å². The molecule has 6 fully saturated rings. The minimum Gasteiger partial charge on any atom is -0.461 e. The molecule has 2 saturated heterocycles. The number of anilines is 1. The molecule has 6 aliphatic rings. The van der Waals surface area contributed by atoms with E-state index in [1.165, 1.54) is 0 Å². The zero-order valence-corrected chi connectivity index (χ0v) is 29.1. The Hall–Kier alpha value is -2.41. The van der Waals surface area contributed by atoms with Gasteiger partial charge in [-0.1, -0.05) is 32.4 Å². The summed E-state index contributed by atoms with van der Waals surface area (Å²) in [5.74, 6) is -2.10. The Kier molecular flexibility index (Phi) is 8.40. The van der Waals surface area contributed by atoms with Gasteiger partial charge in [-0.2, -0.15) is 0 Å². The molecule has 1 spiro atoms. The lowest BCUT2D eigenvalue weighted by molar-refractivity contribution is -0.305.